The number of anilines is 1. The highest BCUT2D eigenvalue weighted by molar-refractivity contribution is 5.94. The van der Waals surface area contributed by atoms with Crippen LogP contribution in [0.15, 0.2) is 18.7 Å². The molecule has 0 bridgehead atoms. The van der Waals surface area contributed by atoms with Crippen LogP contribution in [0.2, 0.25) is 0 Å². The highest BCUT2D eigenvalue weighted by Gasteiger charge is 2.18. The molecule has 0 saturated heterocycles. The van der Waals surface area contributed by atoms with Crippen molar-refractivity contribution in [3.63, 3.8) is 0 Å². The molecule has 0 aliphatic rings. The van der Waals surface area contributed by atoms with Crippen LogP contribution in [-0.4, -0.2) is 36.9 Å². The van der Waals surface area contributed by atoms with Crippen molar-refractivity contribution in [3.8, 4) is 0 Å². The molecule has 106 valence electrons. The molecular formula is C13H17N5O2. The van der Waals surface area contributed by atoms with Crippen molar-refractivity contribution in [2.45, 2.75) is 33.4 Å². The predicted molar refractivity (Wildman–Crippen MR) is 73.8 cm³/mol. The molecule has 7 heteroatoms. The van der Waals surface area contributed by atoms with Crippen LogP contribution in [0.25, 0.3) is 0 Å². The smallest absolute Gasteiger partial charge is 0.339 e. The molecule has 0 amide bonds. The van der Waals surface area contributed by atoms with Gasteiger partial charge in [-0.15, -0.1) is 5.10 Å². The van der Waals surface area contributed by atoms with Crippen LogP contribution in [0, 0.1) is 13.8 Å². The maximum atomic E-state index is 11.4. The van der Waals surface area contributed by atoms with Crippen molar-refractivity contribution >= 4 is 11.8 Å². The fourth-order valence-corrected chi connectivity index (χ4v) is 1.96. The Balaban J connectivity index is 2.20. The normalized spacial score (nSPS) is 12.2. The van der Waals surface area contributed by atoms with Crippen molar-refractivity contribution in [1.29, 1.82) is 0 Å². The lowest BCUT2D eigenvalue weighted by atomic mass is 10.1. The van der Waals surface area contributed by atoms with Gasteiger partial charge in [0, 0.05) is 25.0 Å². The molecular weight excluding hydrogens is 258 g/mol. The molecule has 2 aromatic rings. The number of hydrogen-bond acceptors (Lipinski definition) is 5. The minimum atomic E-state index is -1.00. The number of carboxylic acid groups (broad SMARTS) is 1. The summed E-state index contributed by atoms with van der Waals surface area (Å²) in [6.45, 7) is 6.09. The number of carbonyl (C=O) groups is 1. The quantitative estimate of drug-likeness (QED) is 0.858. The Labute approximate surface area is 116 Å². The molecule has 0 radical (unpaired) electrons. The maximum Gasteiger partial charge on any atom is 0.339 e. The average molecular weight is 275 g/mol. The first kappa shape index (κ1) is 14.0. The van der Waals surface area contributed by atoms with Gasteiger partial charge in [0.25, 0.3) is 0 Å². The van der Waals surface area contributed by atoms with Gasteiger partial charge in [0.1, 0.15) is 5.56 Å². The van der Waals surface area contributed by atoms with Crippen LogP contribution in [-0.2, 0) is 6.54 Å². The number of rotatable bonds is 5. The van der Waals surface area contributed by atoms with E-state index in [1.165, 1.54) is 0 Å². The third-order valence-electron chi connectivity index (χ3n) is 3.10. The minimum Gasteiger partial charge on any atom is -0.478 e. The number of hydrogen-bond donors (Lipinski definition) is 2. The van der Waals surface area contributed by atoms with Gasteiger partial charge in [0.2, 0.25) is 0 Å². The number of aryl methyl sites for hydroxylation is 1. The van der Waals surface area contributed by atoms with Gasteiger partial charge in [0.05, 0.1) is 12.0 Å². The van der Waals surface area contributed by atoms with Crippen LogP contribution in [0.3, 0.4) is 0 Å². The Morgan fingerprint density at radius 2 is 2.20 bits per heavy atom. The van der Waals surface area contributed by atoms with Gasteiger partial charge in [-0.05, 0) is 26.3 Å². The van der Waals surface area contributed by atoms with E-state index in [0.717, 1.165) is 0 Å². The fraction of sp³-hybridized carbons (Fsp3) is 0.385. The Morgan fingerprint density at radius 3 is 2.80 bits per heavy atom. The van der Waals surface area contributed by atoms with Crippen LogP contribution >= 0.6 is 0 Å². The van der Waals surface area contributed by atoms with E-state index >= 15 is 0 Å². The topological polar surface area (TPSA) is 92.9 Å². The highest BCUT2D eigenvalue weighted by atomic mass is 16.4. The second kappa shape index (κ2) is 5.68. The lowest BCUT2D eigenvalue weighted by molar-refractivity contribution is 0.0696. The summed E-state index contributed by atoms with van der Waals surface area (Å²) in [6.07, 6.45) is 5.26. The standard InChI is InChI=1S/C13H17N5O2/c1-8(6-18-5-4-14-7-18)15-12-11(13(19)20)9(2)10(3)16-17-12/h4-5,7-8H,6H2,1-3H3,(H,15,17)(H,19,20). The number of nitrogens with one attached hydrogen (secondary N) is 1. The molecule has 0 aliphatic heterocycles. The summed E-state index contributed by atoms with van der Waals surface area (Å²) in [5.74, 6) is -0.703. The fourth-order valence-electron chi connectivity index (χ4n) is 1.96. The summed E-state index contributed by atoms with van der Waals surface area (Å²) in [5.41, 5.74) is 1.43. The Hall–Kier alpha value is -2.44. The summed E-state index contributed by atoms with van der Waals surface area (Å²) in [5, 5.41) is 20.4. The zero-order valence-corrected chi connectivity index (χ0v) is 11.7. The first-order valence-corrected chi connectivity index (χ1v) is 6.28. The summed E-state index contributed by atoms with van der Waals surface area (Å²) >= 11 is 0. The molecule has 1 unspecified atom stereocenters. The summed E-state index contributed by atoms with van der Waals surface area (Å²) in [7, 11) is 0. The molecule has 2 heterocycles. The SMILES string of the molecule is Cc1nnc(NC(C)Cn2ccnc2)c(C(=O)O)c1C. The van der Waals surface area contributed by atoms with E-state index in [0.29, 0.717) is 23.6 Å². The molecule has 7 nitrogen and oxygen atoms in total. The number of aromatic nitrogens is 4. The second-order valence-electron chi connectivity index (χ2n) is 4.74. The Bertz CT molecular complexity index is 609. The first-order chi connectivity index (χ1) is 9.49. The maximum absolute atomic E-state index is 11.4. The molecule has 0 saturated carbocycles. The summed E-state index contributed by atoms with van der Waals surface area (Å²) in [4.78, 5) is 15.3. The van der Waals surface area contributed by atoms with Crippen molar-refractivity contribution < 1.29 is 9.90 Å². The first-order valence-electron chi connectivity index (χ1n) is 6.28. The zero-order valence-electron chi connectivity index (χ0n) is 11.7. The largest absolute Gasteiger partial charge is 0.478 e. The summed E-state index contributed by atoms with van der Waals surface area (Å²) in [6, 6.07) is -0.00120. The predicted octanol–water partition coefficient (Wildman–Crippen LogP) is 1.49. The third-order valence-corrected chi connectivity index (χ3v) is 3.10. The molecule has 2 aromatic heterocycles. The van der Waals surface area contributed by atoms with Gasteiger partial charge < -0.3 is 15.0 Å². The minimum absolute atomic E-state index is 0.00120. The van der Waals surface area contributed by atoms with Gasteiger partial charge >= 0.3 is 5.97 Å². The van der Waals surface area contributed by atoms with Crippen LogP contribution in [0.1, 0.15) is 28.5 Å². The molecule has 2 N–H and O–H groups in total. The Kier molecular flexibility index (Phi) is 3.97. The zero-order chi connectivity index (χ0) is 14.7. The molecule has 0 fully saturated rings. The average Bonchev–Trinajstić information content (AvgIpc) is 2.86. The second-order valence-corrected chi connectivity index (χ2v) is 4.74. The monoisotopic (exact) mass is 275 g/mol. The molecule has 2 rings (SSSR count). The van der Waals surface area contributed by atoms with Crippen molar-refractivity contribution in [2.75, 3.05) is 5.32 Å². The summed E-state index contributed by atoms with van der Waals surface area (Å²) < 4.78 is 1.91. The van der Waals surface area contributed by atoms with E-state index in [1.54, 1.807) is 26.4 Å². The number of aromatic carboxylic acids is 1. The van der Waals surface area contributed by atoms with Crippen LogP contribution in [0.4, 0.5) is 5.82 Å². The van der Waals surface area contributed by atoms with Crippen molar-refractivity contribution in [3.05, 3.63) is 35.5 Å². The highest BCUT2D eigenvalue weighted by Crippen LogP contribution is 2.19. The number of nitrogens with zero attached hydrogens (tertiary/aromatic N) is 4. The molecule has 1 atom stereocenters. The van der Waals surface area contributed by atoms with E-state index in [2.05, 4.69) is 20.5 Å². The van der Waals surface area contributed by atoms with Gasteiger partial charge in [0.15, 0.2) is 5.82 Å². The van der Waals surface area contributed by atoms with Crippen molar-refractivity contribution in [1.82, 2.24) is 19.7 Å². The van der Waals surface area contributed by atoms with Gasteiger partial charge in [-0.1, -0.05) is 0 Å². The van der Waals surface area contributed by atoms with E-state index in [-0.39, 0.29) is 11.6 Å². The van der Waals surface area contributed by atoms with Gasteiger partial charge in [-0.2, -0.15) is 5.10 Å². The lowest BCUT2D eigenvalue weighted by Crippen LogP contribution is -2.24. The molecule has 0 aromatic carbocycles. The van der Waals surface area contributed by atoms with Gasteiger partial charge in [-0.25, -0.2) is 9.78 Å². The molecule has 20 heavy (non-hydrogen) atoms. The van der Waals surface area contributed by atoms with E-state index in [4.69, 9.17) is 0 Å². The van der Waals surface area contributed by atoms with Crippen LogP contribution < -0.4 is 5.32 Å². The van der Waals surface area contributed by atoms with Crippen LogP contribution in [0.5, 0.6) is 0 Å². The number of imidazole rings is 1. The van der Waals surface area contributed by atoms with E-state index in [1.807, 2.05) is 17.7 Å². The third kappa shape index (κ3) is 2.93. The van der Waals surface area contributed by atoms with Gasteiger partial charge in [-0.3, -0.25) is 0 Å². The van der Waals surface area contributed by atoms with Crippen molar-refractivity contribution in [2.24, 2.45) is 0 Å². The van der Waals surface area contributed by atoms with E-state index in [9.17, 15) is 9.90 Å². The molecule has 0 spiro atoms. The molecule has 0 aliphatic carbocycles. The Morgan fingerprint density at radius 1 is 1.45 bits per heavy atom. The van der Waals surface area contributed by atoms with E-state index < -0.39 is 5.97 Å². The number of carboxylic acids is 1. The lowest BCUT2D eigenvalue weighted by Gasteiger charge is -2.17.